The lowest BCUT2D eigenvalue weighted by Crippen LogP contribution is -2.46. The number of hydrogen-bond acceptors (Lipinski definition) is 2. The number of likely N-dealkylation sites (tertiary alicyclic amines) is 1. The summed E-state index contributed by atoms with van der Waals surface area (Å²) >= 11 is 0. The second kappa shape index (κ2) is 8.06. The van der Waals surface area contributed by atoms with Crippen LogP contribution in [0.15, 0.2) is 30.3 Å². The molecule has 0 radical (unpaired) electrons. The van der Waals surface area contributed by atoms with E-state index in [0.29, 0.717) is 31.3 Å². The average Bonchev–Trinajstić information content (AvgIpc) is 2.53. The van der Waals surface area contributed by atoms with Crippen LogP contribution in [0, 0.1) is 5.92 Å². The number of amides is 1. The Morgan fingerprint density at radius 1 is 1.17 bits per heavy atom. The molecule has 1 heterocycles. The van der Waals surface area contributed by atoms with Crippen molar-refractivity contribution in [3.8, 4) is 0 Å². The minimum atomic E-state index is -2.27. The predicted molar refractivity (Wildman–Crippen MR) is 90.1 cm³/mol. The van der Waals surface area contributed by atoms with Gasteiger partial charge in [-0.2, -0.15) is 0 Å². The van der Waals surface area contributed by atoms with E-state index in [4.69, 9.17) is 0 Å². The van der Waals surface area contributed by atoms with Crippen molar-refractivity contribution in [1.82, 2.24) is 10.2 Å². The van der Waals surface area contributed by atoms with Gasteiger partial charge < -0.3 is 5.32 Å². The SMILES string of the molecule is O=C(CC1CC(c2ccccc2)C1)NC1CCN(CC(F)F)CC1. The summed E-state index contributed by atoms with van der Waals surface area (Å²) in [4.78, 5) is 14.0. The first-order chi connectivity index (χ1) is 11.6. The van der Waals surface area contributed by atoms with E-state index >= 15 is 0 Å². The van der Waals surface area contributed by atoms with Gasteiger partial charge in [0.05, 0.1) is 6.54 Å². The molecule has 1 aromatic carbocycles. The lowest BCUT2D eigenvalue weighted by molar-refractivity contribution is -0.123. The Hall–Kier alpha value is -1.49. The molecular weight excluding hydrogens is 310 g/mol. The van der Waals surface area contributed by atoms with Crippen molar-refractivity contribution >= 4 is 5.91 Å². The van der Waals surface area contributed by atoms with E-state index in [0.717, 1.165) is 25.7 Å². The van der Waals surface area contributed by atoms with Gasteiger partial charge in [0.2, 0.25) is 5.91 Å². The van der Waals surface area contributed by atoms with Gasteiger partial charge in [0, 0.05) is 25.6 Å². The van der Waals surface area contributed by atoms with Gasteiger partial charge in [-0.3, -0.25) is 9.69 Å². The Morgan fingerprint density at radius 3 is 2.46 bits per heavy atom. The number of halogens is 2. The molecule has 1 aliphatic carbocycles. The van der Waals surface area contributed by atoms with Gasteiger partial charge in [-0.05, 0) is 43.1 Å². The molecule has 0 unspecified atom stereocenters. The smallest absolute Gasteiger partial charge is 0.251 e. The van der Waals surface area contributed by atoms with E-state index in [9.17, 15) is 13.6 Å². The minimum Gasteiger partial charge on any atom is -0.353 e. The van der Waals surface area contributed by atoms with Crippen molar-refractivity contribution in [3.05, 3.63) is 35.9 Å². The van der Waals surface area contributed by atoms with Crippen LogP contribution in [-0.2, 0) is 4.79 Å². The van der Waals surface area contributed by atoms with Crippen molar-refractivity contribution in [1.29, 1.82) is 0 Å². The first-order valence-corrected chi connectivity index (χ1v) is 8.95. The highest BCUT2D eigenvalue weighted by molar-refractivity contribution is 5.76. The molecular formula is C19H26F2N2O. The lowest BCUT2D eigenvalue weighted by Gasteiger charge is -2.36. The maximum Gasteiger partial charge on any atom is 0.251 e. The number of nitrogens with zero attached hydrogens (tertiary/aromatic N) is 1. The highest BCUT2D eigenvalue weighted by Crippen LogP contribution is 2.43. The molecule has 1 saturated heterocycles. The van der Waals surface area contributed by atoms with Crippen LogP contribution < -0.4 is 5.32 Å². The van der Waals surface area contributed by atoms with Crippen molar-refractivity contribution in [2.45, 2.75) is 50.5 Å². The normalized spacial score (nSPS) is 25.5. The number of carbonyl (C=O) groups is 1. The quantitative estimate of drug-likeness (QED) is 0.863. The van der Waals surface area contributed by atoms with Crippen LogP contribution in [0.2, 0.25) is 0 Å². The highest BCUT2D eigenvalue weighted by atomic mass is 19.3. The Labute approximate surface area is 142 Å². The number of rotatable bonds is 6. The van der Waals surface area contributed by atoms with E-state index in [1.54, 1.807) is 4.90 Å². The second-order valence-electron chi connectivity index (χ2n) is 7.18. The number of nitrogens with one attached hydrogen (secondary N) is 1. The molecule has 132 valence electrons. The third-order valence-corrected chi connectivity index (χ3v) is 5.33. The molecule has 3 rings (SSSR count). The van der Waals surface area contributed by atoms with Gasteiger partial charge in [0.15, 0.2) is 0 Å². The standard InChI is InChI=1S/C19H26F2N2O/c20-18(21)13-23-8-6-17(7-9-23)22-19(24)12-14-10-16(11-14)15-4-2-1-3-5-15/h1-5,14,16-18H,6-13H2,(H,22,24). The van der Waals surface area contributed by atoms with Crippen molar-refractivity contribution in [3.63, 3.8) is 0 Å². The fraction of sp³-hybridized carbons (Fsp3) is 0.632. The molecule has 5 heteroatoms. The largest absolute Gasteiger partial charge is 0.353 e. The topological polar surface area (TPSA) is 32.3 Å². The summed E-state index contributed by atoms with van der Waals surface area (Å²) in [5.74, 6) is 1.20. The minimum absolute atomic E-state index is 0.124. The zero-order chi connectivity index (χ0) is 16.9. The molecule has 1 aromatic rings. The first kappa shape index (κ1) is 17.3. The van der Waals surface area contributed by atoms with Crippen LogP contribution >= 0.6 is 0 Å². The van der Waals surface area contributed by atoms with Crippen LogP contribution in [0.25, 0.3) is 0 Å². The molecule has 0 bridgehead atoms. The van der Waals surface area contributed by atoms with Crippen LogP contribution in [0.1, 0.15) is 43.6 Å². The Bertz CT molecular complexity index is 523. The summed E-state index contributed by atoms with van der Waals surface area (Å²) in [7, 11) is 0. The van der Waals surface area contributed by atoms with E-state index in [1.165, 1.54) is 5.56 Å². The first-order valence-electron chi connectivity index (χ1n) is 8.95. The van der Waals surface area contributed by atoms with Gasteiger partial charge in [0.25, 0.3) is 6.43 Å². The van der Waals surface area contributed by atoms with Crippen molar-refractivity contribution in [2.24, 2.45) is 5.92 Å². The zero-order valence-corrected chi connectivity index (χ0v) is 14.0. The third-order valence-electron chi connectivity index (χ3n) is 5.33. The molecule has 1 aliphatic heterocycles. The number of alkyl halides is 2. The Morgan fingerprint density at radius 2 is 1.83 bits per heavy atom. The number of hydrogen-bond donors (Lipinski definition) is 1. The zero-order valence-electron chi connectivity index (χ0n) is 14.0. The highest BCUT2D eigenvalue weighted by Gasteiger charge is 2.32. The molecule has 2 aliphatic rings. The Balaban J connectivity index is 1.33. The fourth-order valence-electron chi connectivity index (χ4n) is 3.90. The van der Waals surface area contributed by atoms with E-state index < -0.39 is 6.43 Å². The molecule has 24 heavy (non-hydrogen) atoms. The van der Waals surface area contributed by atoms with E-state index in [-0.39, 0.29) is 18.5 Å². The molecule has 1 N–H and O–H groups in total. The van der Waals surface area contributed by atoms with Crippen molar-refractivity contribution < 1.29 is 13.6 Å². The maximum absolute atomic E-state index is 12.4. The Kier molecular flexibility index (Phi) is 5.82. The maximum atomic E-state index is 12.4. The average molecular weight is 336 g/mol. The lowest BCUT2D eigenvalue weighted by atomic mass is 9.70. The fourth-order valence-corrected chi connectivity index (χ4v) is 3.90. The summed E-state index contributed by atoms with van der Waals surface area (Å²) in [6.45, 7) is 1.15. The van der Waals surface area contributed by atoms with Crippen LogP contribution in [0.4, 0.5) is 8.78 Å². The summed E-state index contributed by atoms with van der Waals surface area (Å²) in [6.07, 6.45) is 2.05. The number of carbonyl (C=O) groups excluding carboxylic acids is 1. The molecule has 1 saturated carbocycles. The van der Waals surface area contributed by atoms with Crippen molar-refractivity contribution in [2.75, 3.05) is 19.6 Å². The predicted octanol–water partition coefficient (Wildman–Crippen LogP) is 3.42. The second-order valence-corrected chi connectivity index (χ2v) is 7.18. The van der Waals surface area contributed by atoms with Gasteiger partial charge in [-0.25, -0.2) is 8.78 Å². The molecule has 0 spiro atoms. The number of piperidine rings is 1. The molecule has 0 atom stereocenters. The molecule has 2 fully saturated rings. The summed E-state index contributed by atoms with van der Waals surface area (Å²) in [5, 5.41) is 3.09. The molecule has 1 amide bonds. The third kappa shape index (κ3) is 4.76. The monoisotopic (exact) mass is 336 g/mol. The van der Waals surface area contributed by atoms with Crippen LogP contribution in [-0.4, -0.2) is 42.9 Å². The van der Waals surface area contributed by atoms with Crippen LogP contribution in [0.3, 0.4) is 0 Å². The van der Waals surface area contributed by atoms with Crippen LogP contribution in [0.5, 0.6) is 0 Å². The van der Waals surface area contributed by atoms with E-state index in [1.807, 2.05) is 6.07 Å². The summed E-state index contributed by atoms with van der Waals surface area (Å²) in [6, 6.07) is 10.6. The van der Waals surface area contributed by atoms with Gasteiger partial charge in [-0.15, -0.1) is 0 Å². The van der Waals surface area contributed by atoms with Gasteiger partial charge in [0.1, 0.15) is 0 Å². The summed E-state index contributed by atoms with van der Waals surface area (Å²) < 4.78 is 24.7. The number of benzene rings is 1. The van der Waals surface area contributed by atoms with E-state index in [2.05, 4.69) is 29.6 Å². The summed E-state index contributed by atoms with van der Waals surface area (Å²) in [5.41, 5.74) is 1.38. The molecule has 3 nitrogen and oxygen atoms in total. The molecule has 0 aromatic heterocycles. The van der Waals surface area contributed by atoms with Gasteiger partial charge in [-0.1, -0.05) is 30.3 Å². The van der Waals surface area contributed by atoms with Gasteiger partial charge >= 0.3 is 0 Å².